The first-order chi connectivity index (χ1) is 13.7. The van der Waals surface area contributed by atoms with Crippen molar-refractivity contribution in [3.05, 3.63) is 72.8 Å². The van der Waals surface area contributed by atoms with Gasteiger partial charge in [0.1, 0.15) is 5.82 Å². The number of carbonyl (C=O) groups is 1. The summed E-state index contributed by atoms with van der Waals surface area (Å²) < 4.78 is 19.7. The van der Waals surface area contributed by atoms with Crippen LogP contribution >= 0.6 is 0 Å². The molecule has 0 atom stereocenters. The number of aromatic nitrogens is 5. The van der Waals surface area contributed by atoms with Crippen LogP contribution in [0.25, 0.3) is 17.2 Å². The van der Waals surface area contributed by atoms with E-state index in [0.717, 1.165) is 0 Å². The average Bonchev–Trinajstić information content (AvgIpc) is 3.40. The molecule has 8 nitrogen and oxygen atoms in total. The van der Waals surface area contributed by atoms with Gasteiger partial charge in [-0.15, -0.1) is 0 Å². The van der Waals surface area contributed by atoms with E-state index in [9.17, 15) is 9.18 Å². The van der Waals surface area contributed by atoms with Gasteiger partial charge in [0.25, 0.3) is 0 Å². The third kappa shape index (κ3) is 4.09. The molecule has 0 radical (unpaired) electrons. The maximum Gasteiger partial charge on any atom is 0.227 e. The highest BCUT2D eigenvalue weighted by molar-refractivity contribution is 5.90. The predicted molar refractivity (Wildman–Crippen MR) is 98.0 cm³/mol. The quantitative estimate of drug-likeness (QED) is 0.554. The molecule has 0 aliphatic rings. The molecular weight excluding hydrogens is 363 g/mol. The van der Waals surface area contributed by atoms with Crippen LogP contribution in [-0.2, 0) is 11.2 Å². The Labute approximate surface area is 159 Å². The molecule has 0 fully saturated rings. The summed E-state index contributed by atoms with van der Waals surface area (Å²) in [4.78, 5) is 20.6. The zero-order chi connectivity index (χ0) is 19.3. The molecule has 1 N–H and O–H groups in total. The standard InChI is InChI=1S/C19H15FN6O2/c20-14-4-2-13(3-5-14)19-24-18(28-25-19)9-8-17(27)23-15-6-7-16(21-12-15)26-11-1-10-22-26/h1-7,10-12H,8-9H2,(H,23,27). The highest BCUT2D eigenvalue weighted by atomic mass is 19.1. The Morgan fingerprint density at radius 3 is 2.75 bits per heavy atom. The van der Waals surface area contributed by atoms with Crippen LogP contribution in [0.4, 0.5) is 10.1 Å². The molecule has 0 unspecified atom stereocenters. The van der Waals surface area contributed by atoms with E-state index >= 15 is 0 Å². The fourth-order valence-electron chi connectivity index (χ4n) is 2.52. The van der Waals surface area contributed by atoms with Crippen molar-refractivity contribution >= 4 is 11.6 Å². The molecule has 0 aliphatic heterocycles. The summed E-state index contributed by atoms with van der Waals surface area (Å²) in [6, 6.07) is 11.1. The third-order valence-corrected chi connectivity index (χ3v) is 3.91. The summed E-state index contributed by atoms with van der Waals surface area (Å²) in [6.07, 6.45) is 5.47. The summed E-state index contributed by atoms with van der Waals surface area (Å²) in [7, 11) is 0. The van der Waals surface area contributed by atoms with Gasteiger partial charge in [-0.25, -0.2) is 14.1 Å². The molecule has 4 rings (SSSR count). The van der Waals surface area contributed by atoms with E-state index < -0.39 is 0 Å². The largest absolute Gasteiger partial charge is 0.339 e. The van der Waals surface area contributed by atoms with Crippen LogP contribution in [0.2, 0.25) is 0 Å². The maximum absolute atomic E-state index is 13.0. The Kier molecular flexibility index (Phi) is 4.87. The lowest BCUT2D eigenvalue weighted by molar-refractivity contribution is -0.116. The first kappa shape index (κ1) is 17.5. The topological polar surface area (TPSA) is 98.7 Å². The minimum absolute atomic E-state index is 0.173. The minimum atomic E-state index is -0.337. The zero-order valence-electron chi connectivity index (χ0n) is 14.6. The van der Waals surface area contributed by atoms with Gasteiger partial charge < -0.3 is 9.84 Å². The Hall–Kier alpha value is -3.88. The first-order valence-electron chi connectivity index (χ1n) is 8.52. The van der Waals surface area contributed by atoms with Crippen molar-refractivity contribution in [2.75, 3.05) is 5.32 Å². The fourth-order valence-corrected chi connectivity index (χ4v) is 2.52. The number of halogens is 1. The van der Waals surface area contributed by atoms with Crippen LogP contribution in [0.3, 0.4) is 0 Å². The Balaban J connectivity index is 1.31. The molecule has 1 aromatic carbocycles. The number of benzene rings is 1. The van der Waals surface area contributed by atoms with Crippen molar-refractivity contribution in [1.29, 1.82) is 0 Å². The second-order valence-corrected chi connectivity index (χ2v) is 5.92. The number of hydrogen-bond donors (Lipinski definition) is 1. The van der Waals surface area contributed by atoms with E-state index in [4.69, 9.17) is 4.52 Å². The lowest BCUT2D eigenvalue weighted by Crippen LogP contribution is -2.12. The lowest BCUT2D eigenvalue weighted by atomic mass is 10.2. The van der Waals surface area contributed by atoms with Gasteiger partial charge in [0.2, 0.25) is 17.6 Å². The summed E-state index contributed by atoms with van der Waals surface area (Å²) in [6.45, 7) is 0. The third-order valence-electron chi connectivity index (χ3n) is 3.91. The van der Waals surface area contributed by atoms with E-state index in [1.165, 1.54) is 12.1 Å². The lowest BCUT2D eigenvalue weighted by Gasteiger charge is -2.05. The van der Waals surface area contributed by atoms with Crippen molar-refractivity contribution in [2.24, 2.45) is 0 Å². The summed E-state index contributed by atoms with van der Waals surface area (Å²) in [5.74, 6) is 0.809. The zero-order valence-corrected chi connectivity index (χ0v) is 14.6. The fraction of sp³-hybridized carbons (Fsp3) is 0.105. The molecule has 3 aromatic heterocycles. The van der Waals surface area contributed by atoms with E-state index in [2.05, 4.69) is 25.5 Å². The average molecular weight is 378 g/mol. The normalized spacial score (nSPS) is 10.8. The summed E-state index contributed by atoms with van der Waals surface area (Å²) in [5.41, 5.74) is 1.22. The molecule has 0 saturated carbocycles. The summed E-state index contributed by atoms with van der Waals surface area (Å²) in [5, 5.41) is 10.7. The molecule has 28 heavy (non-hydrogen) atoms. The van der Waals surface area contributed by atoms with Crippen molar-refractivity contribution in [3.8, 4) is 17.2 Å². The first-order valence-corrected chi connectivity index (χ1v) is 8.52. The Bertz CT molecular complexity index is 1060. The van der Waals surface area contributed by atoms with Gasteiger partial charge in [-0.3, -0.25) is 4.79 Å². The van der Waals surface area contributed by atoms with Gasteiger partial charge in [0, 0.05) is 30.8 Å². The number of carbonyl (C=O) groups excluding carboxylic acids is 1. The minimum Gasteiger partial charge on any atom is -0.339 e. The second-order valence-electron chi connectivity index (χ2n) is 5.92. The van der Waals surface area contributed by atoms with Gasteiger partial charge in [-0.05, 0) is 42.5 Å². The molecule has 0 saturated heterocycles. The highest BCUT2D eigenvalue weighted by Crippen LogP contribution is 2.17. The van der Waals surface area contributed by atoms with E-state index in [-0.39, 0.29) is 18.1 Å². The molecule has 1 amide bonds. The van der Waals surface area contributed by atoms with Crippen LogP contribution in [0, 0.1) is 5.82 Å². The van der Waals surface area contributed by atoms with E-state index in [0.29, 0.717) is 35.2 Å². The van der Waals surface area contributed by atoms with E-state index in [1.807, 2.05) is 0 Å². The SMILES string of the molecule is O=C(CCc1nc(-c2ccc(F)cc2)no1)Nc1ccc(-n2cccn2)nc1. The summed E-state index contributed by atoms with van der Waals surface area (Å²) >= 11 is 0. The molecule has 0 aliphatic carbocycles. The van der Waals surface area contributed by atoms with Crippen molar-refractivity contribution in [3.63, 3.8) is 0 Å². The number of nitrogens with zero attached hydrogens (tertiary/aromatic N) is 5. The van der Waals surface area contributed by atoms with Crippen LogP contribution < -0.4 is 5.32 Å². The molecule has 4 aromatic rings. The number of aryl methyl sites for hydroxylation is 1. The van der Waals surface area contributed by atoms with Crippen molar-refractivity contribution < 1.29 is 13.7 Å². The maximum atomic E-state index is 13.0. The smallest absolute Gasteiger partial charge is 0.227 e. The number of hydrogen-bond acceptors (Lipinski definition) is 6. The van der Waals surface area contributed by atoms with Crippen LogP contribution in [0.15, 0.2) is 65.6 Å². The molecule has 140 valence electrons. The van der Waals surface area contributed by atoms with Crippen molar-refractivity contribution in [1.82, 2.24) is 24.9 Å². The van der Waals surface area contributed by atoms with Gasteiger partial charge in [-0.2, -0.15) is 10.1 Å². The number of anilines is 1. The van der Waals surface area contributed by atoms with Gasteiger partial charge in [0.15, 0.2) is 5.82 Å². The highest BCUT2D eigenvalue weighted by Gasteiger charge is 2.11. The van der Waals surface area contributed by atoms with Gasteiger partial charge in [0.05, 0.1) is 11.9 Å². The monoisotopic (exact) mass is 378 g/mol. The van der Waals surface area contributed by atoms with Gasteiger partial charge >= 0.3 is 0 Å². The van der Waals surface area contributed by atoms with Crippen molar-refractivity contribution in [2.45, 2.75) is 12.8 Å². The van der Waals surface area contributed by atoms with Crippen LogP contribution in [-0.4, -0.2) is 30.8 Å². The number of amides is 1. The van der Waals surface area contributed by atoms with Crippen LogP contribution in [0.5, 0.6) is 0 Å². The number of pyridine rings is 1. The second kappa shape index (κ2) is 7.78. The molecular formula is C19H15FN6O2. The Morgan fingerprint density at radius 2 is 2.04 bits per heavy atom. The molecule has 0 bridgehead atoms. The Morgan fingerprint density at radius 1 is 1.18 bits per heavy atom. The van der Waals surface area contributed by atoms with E-state index in [1.54, 1.807) is 53.6 Å². The molecule has 9 heteroatoms. The molecule has 3 heterocycles. The predicted octanol–water partition coefficient (Wildman–Crippen LogP) is 3.03. The number of rotatable bonds is 6. The number of nitrogens with one attached hydrogen (secondary N) is 1. The van der Waals surface area contributed by atoms with Crippen LogP contribution in [0.1, 0.15) is 12.3 Å². The molecule has 0 spiro atoms. The van der Waals surface area contributed by atoms with Gasteiger partial charge in [-0.1, -0.05) is 5.16 Å².